The van der Waals surface area contributed by atoms with Gasteiger partial charge in [0.05, 0.1) is 17.9 Å². The standard InChI is InChI=1S/C21H22N4O2S/c1-13-3-6-18-19(25(13)14(2)26)8-7-17(20(18)27-21-22-9-10-28-21)15-11-23-24(12-15)16-4-5-16/h7-13,16H,3-6H2,1-2H3. The fourth-order valence-corrected chi connectivity index (χ4v) is 4.48. The van der Waals surface area contributed by atoms with E-state index in [1.54, 1.807) is 13.1 Å². The van der Waals surface area contributed by atoms with E-state index in [0.717, 1.165) is 41.0 Å². The Balaban J connectivity index is 1.65. The van der Waals surface area contributed by atoms with Crippen molar-refractivity contribution in [3.8, 4) is 22.1 Å². The molecule has 1 atom stereocenters. The number of rotatable bonds is 4. The Labute approximate surface area is 167 Å². The first-order chi connectivity index (χ1) is 13.6. The topological polar surface area (TPSA) is 60.2 Å². The van der Waals surface area contributed by atoms with Gasteiger partial charge in [-0.15, -0.1) is 0 Å². The molecule has 2 aromatic heterocycles. The maximum Gasteiger partial charge on any atom is 0.278 e. The van der Waals surface area contributed by atoms with E-state index < -0.39 is 0 Å². The van der Waals surface area contributed by atoms with Crippen molar-refractivity contribution in [3.63, 3.8) is 0 Å². The van der Waals surface area contributed by atoms with Crippen LogP contribution in [0.1, 0.15) is 44.7 Å². The van der Waals surface area contributed by atoms with Crippen molar-refractivity contribution in [2.75, 3.05) is 4.90 Å². The first-order valence-electron chi connectivity index (χ1n) is 9.69. The van der Waals surface area contributed by atoms with Gasteiger partial charge in [-0.1, -0.05) is 11.3 Å². The van der Waals surface area contributed by atoms with E-state index in [0.29, 0.717) is 11.2 Å². The van der Waals surface area contributed by atoms with Crippen LogP contribution >= 0.6 is 11.3 Å². The number of aromatic nitrogens is 3. The normalized spacial score (nSPS) is 18.8. The summed E-state index contributed by atoms with van der Waals surface area (Å²) in [5, 5.41) is 7.05. The third-order valence-electron chi connectivity index (χ3n) is 5.52. The van der Waals surface area contributed by atoms with Crippen LogP contribution in [-0.4, -0.2) is 26.7 Å². The molecule has 3 heterocycles. The number of nitrogens with zero attached hydrogens (tertiary/aromatic N) is 4. The molecule has 0 saturated heterocycles. The molecule has 144 valence electrons. The molecule has 1 saturated carbocycles. The van der Waals surface area contributed by atoms with Crippen LogP contribution in [0.25, 0.3) is 11.1 Å². The number of hydrogen-bond acceptors (Lipinski definition) is 5. The van der Waals surface area contributed by atoms with Crippen molar-refractivity contribution in [2.24, 2.45) is 0 Å². The Kier molecular flexibility index (Phi) is 4.19. The number of anilines is 1. The molecule has 1 aliphatic heterocycles. The van der Waals surface area contributed by atoms with Crippen LogP contribution in [0.2, 0.25) is 0 Å². The fraction of sp³-hybridized carbons (Fsp3) is 0.381. The average molecular weight is 395 g/mol. The Morgan fingerprint density at radius 2 is 2.14 bits per heavy atom. The lowest BCUT2D eigenvalue weighted by atomic mass is 9.92. The zero-order valence-corrected chi connectivity index (χ0v) is 16.8. The molecule has 0 radical (unpaired) electrons. The smallest absolute Gasteiger partial charge is 0.278 e. The van der Waals surface area contributed by atoms with E-state index >= 15 is 0 Å². The van der Waals surface area contributed by atoms with Crippen LogP contribution in [0, 0.1) is 0 Å². The highest BCUT2D eigenvalue weighted by atomic mass is 32.1. The quantitative estimate of drug-likeness (QED) is 0.636. The molecule has 1 unspecified atom stereocenters. The van der Waals surface area contributed by atoms with Gasteiger partial charge in [-0.05, 0) is 44.7 Å². The Hall–Kier alpha value is -2.67. The number of benzene rings is 1. The van der Waals surface area contributed by atoms with Crippen molar-refractivity contribution in [3.05, 3.63) is 41.7 Å². The number of carbonyl (C=O) groups excluding carboxylic acids is 1. The molecular weight excluding hydrogens is 372 g/mol. The zero-order chi connectivity index (χ0) is 19.3. The van der Waals surface area contributed by atoms with Crippen LogP contribution in [0.5, 0.6) is 10.9 Å². The minimum atomic E-state index is 0.0583. The summed E-state index contributed by atoms with van der Waals surface area (Å²) in [7, 11) is 0. The fourth-order valence-electron chi connectivity index (χ4n) is 3.99. The SMILES string of the molecule is CC(=O)N1c2ccc(-c3cnn(C4CC4)c3)c(Oc3nccs3)c2CCC1C. The largest absolute Gasteiger partial charge is 0.430 e. The molecule has 28 heavy (non-hydrogen) atoms. The molecule has 5 rings (SSSR count). The summed E-state index contributed by atoms with van der Waals surface area (Å²) in [5.41, 5.74) is 4.05. The van der Waals surface area contributed by atoms with Crippen LogP contribution in [0.4, 0.5) is 5.69 Å². The predicted octanol–water partition coefficient (Wildman–Crippen LogP) is 4.82. The molecule has 0 spiro atoms. The number of ether oxygens (including phenoxy) is 1. The van der Waals surface area contributed by atoms with Crippen molar-refractivity contribution in [2.45, 2.75) is 51.6 Å². The minimum Gasteiger partial charge on any atom is -0.430 e. The van der Waals surface area contributed by atoms with E-state index in [4.69, 9.17) is 4.74 Å². The Morgan fingerprint density at radius 3 is 2.86 bits per heavy atom. The first-order valence-corrected chi connectivity index (χ1v) is 10.6. The second kappa shape index (κ2) is 6.74. The molecule has 0 N–H and O–H groups in total. The van der Waals surface area contributed by atoms with Crippen molar-refractivity contribution >= 4 is 22.9 Å². The highest BCUT2D eigenvalue weighted by Crippen LogP contribution is 2.45. The van der Waals surface area contributed by atoms with Gasteiger partial charge >= 0.3 is 0 Å². The summed E-state index contributed by atoms with van der Waals surface area (Å²) in [4.78, 5) is 18.5. The van der Waals surface area contributed by atoms with Gasteiger partial charge in [0.15, 0.2) is 0 Å². The van der Waals surface area contributed by atoms with E-state index in [2.05, 4.69) is 23.2 Å². The molecule has 1 aromatic carbocycles. The summed E-state index contributed by atoms with van der Waals surface area (Å²) in [6, 6.07) is 4.81. The molecule has 7 heteroatoms. The first kappa shape index (κ1) is 17.4. The van der Waals surface area contributed by atoms with E-state index in [1.807, 2.05) is 33.3 Å². The van der Waals surface area contributed by atoms with Gasteiger partial charge in [-0.25, -0.2) is 4.98 Å². The van der Waals surface area contributed by atoms with Gasteiger partial charge in [0, 0.05) is 47.4 Å². The van der Waals surface area contributed by atoms with Gasteiger partial charge in [0.2, 0.25) is 5.91 Å². The van der Waals surface area contributed by atoms with Gasteiger partial charge in [0.25, 0.3) is 5.19 Å². The second-order valence-corrected chi connectivity index (χ2v) is 8.41. The van der Waals surface area contributed by atoms with E-state index in [9.17, 15) is 4.79 Å². The van der Waals surface area contributed by atoms with Gasteiger partial charge in [0.1, 0.15) is 5.75 Å². The summed E-state index contributed by atoms with van der Waals surface area (Å²) in [5.74, 6) is 0.851. The molecule has 2 aliphatic rings. The molecule has 1 amide bonds. The highest BCUT2D eigenvalue weighted by Gasteiger charge is 2.31. The number of amides is 1. The lowest BCUT2D eigenvalue weighted by Gasteiger charge is -2.35. The average Bonchev–Trinajstić information content (AvgIpc) is 3.18. The van der Waals surface area contributed by atoms with Gasteiger partial charge in [-0.3, -0.25) is 9.48 Å². The summed E-state index contributed by atoms with van der Waals surface area (Å²) >= 11 is 1.47. The van der Waals surface area contributed by atoms with E-state index in [1.165, 1.54) is 24.2 Å². The number of fused-ring (bicyclic) bond motifs is 1. The van der Waals surface area contributed by atoms with Crippen molar-refractivity contribution < 1.29 is 9.53 Å². The second-order valence-electron chi connectivity index (χ2n) is 7.56. The Bertz CT molecular complexity index is 1020. The molecule has 6 nitrogen and oxygen atoms in total. The zero-order valence-electron chi connectivity index (χ0n) is 16.0. The van der Waals surface area contributed by atoms with Crippen LogP contribution in [0.3, 0.4) is 0 Å². The molecule has 1 aliphatic carbocycles. The van der Waals surface area contributed by atoms with Crippen molar-refractivity contribution in [1.82, 2.24) is 14.8 Å². The minimum absolute atomic E-state index is 0.0583. The summed E-state index contributed by atoms with van der Waals surface area (Å²) in [6.45, 7) is 3.72. The third-order valence-corrected chi connectivity index (χ3v) is 6.17. The van der Waals surface area contributed by atoms with E-state index in [-0.39, 0.29) is 11.9 Å². The number of thiazole rings is 1. The maximum absolute atomic E-state index is 12.3. The van der Waals surface area contributed by atoms with Gasteiger partial charge < -0.3 is 9.64 Å². The van der Waals surface area contributed by atoms with Gasteiger partial charge in [-0.2, -0.15) is 5.10 Å². The Morgan fingerprint density at radius 1 is 1.29 bits per heavy atom. The summed E-state index contributed by atoms with van der Waals surface area (Å²) < 4.78 is 8.33. The van der Waals surface area contributed by atoms with Crippen LogP contribution < -0.4 is 9.64 Å². The lowest BCUT2D eigenvalue weighted by Crippen LogP contribution is -2.40. The maximum atomic E-state index is 12.3. The number of hydrogen-bond donors (Lipinski definition) is 0. The predicted molar refractivity (Wildman–Crippen MR) is 109 cm³/mol. The summed E-state index contributed by atoms with van der Waals surface area (Å²) in [6.07, 6.45) is 9.91. The molecule has 1 fully saturated rings. The van der Waals surface area contributed by atoms with Crippen LogP contribution in [0.15, 0.2) is 36.1 Å². The van der Waals surface area contributed by atoms with Crippen LogP contribution in [-0.2, 0) is 11.2 Å². The molecule has 3 aromatic rings. The monoisotopic (exact) mass is 394 g/mol. The lowest BCUT2D eigenvalue weighted by molar-refractivity contribution is -0.117. The highest BCUT2D eigenvalue weighted by molar-refractivity contribution is 7.11. The van der Waals surface area contributed by atoms with Crippen molar-refractivity contribution in [1.29, 1.82) is 0 Å². The molecule has 0 bridgehead atoms. The number of carbonyl (C=O) groups is 1. The third kappa shape index (κ3) is 2.99. The molecular formula is C21H22N4O2S.